The number of carbonyl (C=O) groups is 3. The van der Waals surface area contributed by atoms with Gasteiger partial charge >= 0.3 is 17.9 Å². The van der Waals surface area contributed by atoms with Crippen LogP contribution in [0.15, 0.2) is 36.5 Å². The van der Waals surface area contributed by atoms with Crippen LogP contribution in [0.5, 0.6) is 0 Å². The van der Waals surface area contributed by atoms with Crippen molar-refractivity contribution in [1.29, 1.82) is 0 Å². The van der Waals surface area contributed by atoms with Crippen LogP contribution in [-0.2, 0) is 28.6 Å². The fraction of sp³-hybridized carbons (Fsp3) is 0.836. The third-order valence-electron chi connectivity index (χ3n) is 11.6. The molecule has 0 aromatic rings. The summed E-state index contributed by atoms with van der Waals surface area (Å²) in [5, 5.41) is 0. The number of hydrogen-bond donors (Lipinski definition) is 0. The van der Waals surface area contributed by atoms with E-state index in [2.05, 4.69) is 57.2 Å². The van der Waals surface area contributed by atoms with Gasteiger partial charge in [0, 0.05) is 19.3 Å². The van der Waals surface area contributed by atoms with E-state index >= 15 is 0 Å². The Kier molecular flexibility index (Phi) is 48.3. The predicted molar refractivity (Wildman–Crippen MR) is 261 cm³/mol. The van der Waals surface area contributed by atoms with Gasteiger partial charge in [0.1, 0.15) is 13.2 Å². The van der Waals surface area contributed by atoms with Crippen LogP contribution in [0.3, 0.4) is 0 Å². The standard InChI is InChI=1S/C55H100O6/c1-4-7-10-13-16-18-20-22-23-24-25-26-27-28-29-30-31-33-34-36-39-42-45-48-54(57)60-51-52(50-59-53(56)47-44-41-38-15-12-9-6-3)61-55(58)49-46-43-40-37-35-32-21-19-17-14-11-8-5-2/h19-22,24-25,52H,4-18,23,26-51H2,1-3H3/b21-19-,22-20-,25-24-. The molecule has 0 bridgehead atoms. The molecule has 61 heavy (non-hydrogen) atoms. The van der Waals surface area contributed by atoms with Gasteiger partial charge in [-0.2, -0.15) is 0 Å². The number of hydrogen-bond acceptors (Lipinski definition) is 6. The Morgan fingerprint density at radius 3 is 0.934 bits per heavy atom. The van der Waals surface area contributed by atoms with E-state index in [1.54, 1.807) is 0 Å². The molecule has 356 valence electrons. The van der Waals surface area contributed by atoms with Crippen LogP contribution in [-0.4, -0.2) is 37.2 Å². The first-order valence-electron chi connectivity index (χ1n) is 26.5. The monoisotopic (exact) mass is 857 g/mol. The lowest BCUT2D eigenvalue weighted by Crippen LogP contribution is -2.30. The smallest absolute Gasteiger partial charge is 0.306 e. The van der Waals surface area contributed by atoms with Crippen LogP contribution in [0.25, 0.3) is 0 Å². The minimum atomic E-state index is -0.771. The molecule has 0 heterocycles. The number of rotatable bonds is 48. The van der Waals surface area contributed by atoms with Gasteiger partial charge in [0.15, 0.2) is 6.10 Å². The molecule has 0 radical (unpaired) electrons. The van der Waals surface area contributed by atoms with Crippen molar-refractivity contribution >= 4 is 17.9 Å². The van der Waals surface area contributed by atoms with Gasteiger partial charge in [0.25, 0.3) is 0 Å². The number of allylic oxidation sites excluding steroid dienone is 6. The molecule has 0 saturated heterocycles. The quantitative estimate of drug-likeness (QED) is 0.0262. The Morgan fingerprint density at radius 1 is 0.328 bits per heavy atom. The highest BCUT2D eigenvalue weighted by molar-refractivity contribution is 5.71. The van der Waals surface area contributed by atoms with E-state index in [-0.39, 0.29) is 31.1 Å². The predicted octanol–water partition coefficient (Wildman–Crippen LogP) is 17.3. The van der Waals surface area contributed by atoms with Crippen LogP contribution in [0, 0.1) is 0 Å². The second-order valence-corrected chi connectivity index (χ2v) is 17.8. The maximum Gasteiger partial charge on any atom is 0.306 e. The van der Waals surface area contributed by atoms with Crippen LogP contribution >= 0.6 is 0 Å². The molecule has 6 heteroatoms. The molecular weight excluding hydrogens is 757 g/mol. The Balaban J connectivity index is 4.16. The van der Waals surface area contributed by atoms with Gasteiger partial charge in [0.05, 0.1) is 0 Å². The van der Waals surface area contributed by atoms with Gasteiger partial charge in [-0.1, -0.05) is 218 Å². The van der Waals surface area contributed by atoms with Crippen molar-refractivity contribution in [2.75, 3.05) is 13.2 Å². The van der Waals surface area contributed by atoms with Crippen LogP contribution < -0.4 is 0 Å². The summed E-state index contributed by atoms with van der Waals surface area (Å²) in [5.41, 5.74) is 0. The van der Waals surface area contributed by atoms with Crippen molar-refractivity contribution in [3.05, 3.63) is 36.5 Å². The zero-order chi connectivity index (χ0) is 44.4. The van der Waals surface area contributed by atoms with Gasteiger partial charge in [-0.05, 0) is 77.0 Å². The molecular formula is C55H100O6. The molecule has 0 N–H and O–H groups in total. The Hall–Kier alpha value is -2.37. The second-order valence-electron chi connectivity index (χ2n) is 17.8. The molecule has 0 amide bonds. The molecule has 0 aliphatic rings. The summed E-state index contributed by atoms with van der Waals surface area (Å²) in [7, 11) is 0. The lowest BCUT2D eigenvalue weighted by Gasteiger charge is -2.18. The van der Waals surface area contributed by atoms with E-state index in [4.69, 9.17) is 14.2 Å². The molecule has 0 aliphatic heterocycles. The molecule has 0 aromatic carbocycles. The van der Waals surface area contributed by atoms with Gasteiger partial charge < -0.3 is 14.2 Å². The van der Waals surface area contributed by atoms with Gasteiger partial charge in [-0.25, -0.2) is 0 Å². The van der Waals surface area contributed by atoms with Crippen molar-refractivity contribution in [3.63, 3.8) is 0 Å². The van der Waals surface area contributed by atoms with E-state index in [1.165, 1.54) is 167 Å². The van der Waals surface area contributed by atoms with Crippen molar-refractivity contribution in [1.82, 2.24) is 0 Å². The molecule has 0 fully saturated rings. The van der Waals surface area contributed by atoms with Crippen molar-refractivity contribution in [3.8, 4) is 0 Å². The van der Waals surface area contributed by atoms with Gasteiger partial charge in [0.2, 0.25) is 0 Å². The molecule has 0 saturated carbocycles. The van der Waals surface area contributed by atoms with Crippen molar-refractivity contribution < 1.29 is 28.6 Å². The molecule has 1 unspecified atom stereocenters. The highest BCUT2D eigenvalue weighted by Crippen LogP contribution is 2.15. The zero-order valence-corrected chi connectivity index (χ0v) is 40.7. The minimum absolute atomic E-state index is 0.0741. The third-order valence-corrected chi connectivity index (χ3v) is 11.6. The fourth-order valence-electron chi connectivity index (χ4n) is 7.59. The average molecular weight is 857 g/mol. The SMILES string of the molecule is CCCCCC/C=C\CCCCCCCC(=O)OC(COC(=O)CCCCCCCCC)COC(=O)CCCCCCCCCCCCC/C=C\C/C=C\CCCCCCC. The van der Waals surface area contributed by atoms with E-state index in [1.807, 2.05) is 0 Å². The maximum atomic E-state index is 12.7. The normalized spacial score (nSPS) is 12.2. The fourth-order valence-corrected chi connectivity index (χ4v) is 7.59. The summed E-state index contributed by atoms with van der Waals surface area (Å²) in [4.78, 5) is 37.8. The molecule has 0 spiro atoms. The van der Waals surface area contributed by atoms with E-state index in [0.29, 0.717) is 19.3 Å². The lowest BCUT2D eigenvalue weighted by molar-refractivity contribution is -0.167. The summed E-state index contributed by atoms with van der Waals surface area (Å²) in [6, 6.07) is 0. The zero-order valence-electron chi connectivity index (χ0n) is 40.7. The minimum Gasteiger partial charge on any atom is -0.462 e. The first-order valence-corrected chi connectivity index (χ1v) is 26.5. The van der Waals surface area contributed by atoms with Crippen LogP contribution in [0.4, 0.5) is 0 Å². The van der Waals surface area contributed by atoms with E-state index in [9.17, 15) is 14.4 Å². The topological polar surface area (TPSA) is 78.9 Å². The van der Waals surface area contributed by atoms with Crippen LogP contribution in [0.2, 0.25) is 0 Å². The van der Waals surface area contributed by atoms with Gasteiger partial charge in [-0.15, -0.1) is 0 Å². The lowest BCUT2D eigenvalue weighted by atomic mass is 10.0. The maximum absolute atomic E-state index is 12.7. The molecule has 0 rings (SSSR count). The highest BCUT2D eigenvalue weighted by Gasteiger charge is 2.19. The Labute approximate surface area is 378 Å². The Morgan fingerprint density at radius 2 is 0.590 bits per heavy atom. The molecule has 1 atom stereocenters. The van der Waals surface area contributed by atoms with Crippen LogP contribution in [0.1, 0.15) is 278 Å². The number of carbonyl (C=O) groups excluding carboxylic acids is 3. The third kappa shape index (κ3) is 48.5. The van der Waals surface area contributed by atoms with E-state index < -0.39 is 6.10 Å². The molecule has 6 nitrogen and oxygen atoms in total. The molecule has 0 aliphatic carbocycles. The highest BCUT2D eigenvalue weighted by atomic mass is 16.6. The largest absolute Gasteiger partial charge is 0.462 e. The summed E-state index contributed by atoms with van der Waals surface area (Å²) in [5.74, 6) is -0.883. The second kappa shape index (κ2) is 50.3. The van der Waals surface area contributed by atoms with Crippen molar-refractivity contribution in [2.24, 2.45) is 0 Å². The van der Waals surface area contributed by atoms with Gasteiger partial charge in [-0.3, -0.25) is 14.4 Å². The average Bonchev–Trinajstić information content (AvgIpc) is 3.26. The summed E-state index contributed by atoms with van der Waals surface area (Å²) in [6.07, 6.45) is 58.6. The number of unbranched alkanes of at least 4 members (excludes halogenated alkanes) is 31. The summed E-state index contributed by atoms with van der Waals surface area (Å²) in [6.45, 7) is 6.58. The summed E-state index contributed by atoms with van der Waals surface area (Å²) < 4.78 is 16.7. The number of esters is 3. The molecule has 0 aromatic heterocycles. The first-order chi connectivity index (χ1) is 30.0. The Bertz CT molecular complexity index is 1030. The first kappa shape index (κ1) is 58.6. The summed E-state index contributed by atoms with van der Waals surface area (Å²) >= 11 is 0. The van der Waals surface area contributed by atoms with Crippen molar-refractivity contribution in [2.45, 2.75) is 284 Å². The van der Waals surface area contributed by atoms with E-state index in [0.717, 1.165) is 70.6 Å². The number of ether oxygens (including phenoxy) is 3.